The van der Waals surface area contributed by atoms with Gasteiger partial charge in [-0.3, -0.25) is 4.99 Å². The average Bonchev–Trinajstić information content (AvgIpc) is 2.19. The van der Waals surface area contributed by atoms with Crippen LogP contribution >= 0.6 is 11.8 Å². The molecule has 3 heteroatoms. The van der Waals surface area contributed by atoms with Crippen LogP contribution in [0, 0.1) is 0 Å². The second-order valence-corrected chi connectivity index (χ2v) is 5.82. The van der Waals surface area contributed by atoms with Gasteiger partial charge < -0.3 is 4.90 Å². The maximum absolute atomic E-state index is 4.87. The molecule has 0 aliphatic carbocycles. The van der Waals surface area contributed by atoms with Crippen molar-refractivity contribution in [3.63, 3.8) is 0 Å². The molecule has 0 saturated heterocycles. The minimum atomic E-state index is -0.107. The van der Waals surface area contributed by atoms with Crippen LogP contribution in [0.25, 0.3) is 0 Å². The molecule has 0 spiro atoms. The van der Waals surface area contributed by atoms with Gasteiger partial charge in [0, 0.05) is 12.2 Å². The van der Waals surface area contributed by atoms with Crippen molar-refractivity contribution in [2.24, 2.45) is 4.99 Å². The van der Waals surface area contributed by atoms with Crippen molar-refractivity contribution < 1.29 is 0 Å². The molecule has 0 N–H and O–H groups in total. The lowest BCUT2D eigenvalue weighted by Gasteiger charge is -2.42. The molecule has 1 heterocycles. The monoisotopic (exact) mass is 240 g/mol. The van der Waals surface area contributed by atoms with E-state index in [9.17, 15) is 0 Å². The van der Waals surface area contributed by atoms with Crippen LogP contribution in [0.3, 0.4) is 0 Å². The Morgan fingerprint density at radius 1 is 1.44 bits per heavy atom. The third-order valence-electron chi connectivity index (χ3n) is 2.85. The van der Waals surface area contributed by atoms with Crippen LogP contribution in [0.1, 0.15) is 47.5 Å². The Morgan fingerprint density at radius 3 is 2.50 bits per heavy atom. The van der Waals surface area contributed by atoms with Crippen molar-refractivity contribution in [2.75, 3.05) is 6.26 Å². The SMILES string of the molecule is CCCC1=CN(C(C)C)C(C)(C)N=C1SC. The highest BCUT2D eigenvalue weighted by atomic mass is 32.2. The fourth-order valence-corrected chi connectivity index (χ4v) is 2.89. The number of hydrogen-bond acceptors (Lipinski definition) is 3. The number of rotatable bonds is 3. The Bertz CT molecular complexity index is 303. The molecule has 0 radical (unpaired) electrons. The summed E-state index contributed by atoms with van der Waals surface area (Å²) in [5.74, 6) is 0. The molecule has 1 rings (SSSR count). The molecule has 0 aromatic carbocycles. The van der Waals surface area contributed by atoms with Crippen molar-refractivity contribution in [2.45, 2.75) is 59.2 Å². The van der Waals surface area contributed by atoms with E-state index in [1.54, 1.807) is 11.8 Å². The van der Waals surface area contributed by atoms with Gasteiger partial charge in [-0.15, -0.1) is 11.8 Å². The first-order valence-electron chi connectivity index (χ1n) is 6.05. The smallest absolute Gasteiger partial charge is 0.127 e. The molecular formula is C13H24N2S. The first-order chi connectivity index (χ1) is 7.42. The summed E-state index contributed by atoms with van der Waals surface area (Å²) in [5.41, 5.74) is 1.28. The topological polar surface area (TPSA) is 15.6 Å². The summed E-state index contributed by atoms with van der Waals surface area (Å²) < 4.78 is 0. The molecule has 0 unspecified atom stereocenters. The summed E-state index contributed by atoms with van der Waals surface area (Å²) in [6.45, 7) is 11.0. The Balaban J connectivity index is 3.04. The second-order valence-electron chi connectivity index (χ2n) is 5.02. The summed E-state index contributed by atoms with van der Waals surface area (Å²) in [6, 6.07) is 0.494. The highest BCUT2D eigenvalue weighted by molar-refractivity contribution is 8.13. The molecule has 92 valence electrons. The summed E-state index contributed by atoms with van der Waals surface area (Å²) in [5, 5.41) is 1.21. The minimum absolute atomic E-state index is 0.107. The Labute approximate surface area is 104 Å². The molecule has 2 nitrogen and oxygen atoms in total. The Kier molecular flexibility index (Phi) is 4.48. The van der Waals surface area contributed by atoms with E-state index in [0.717, 1.165) is 6.42 Å². The van der Waals surface area contributed by atoms with Crippen LogP contribution in [-0.4, -0.2) is 27.9 Å². The molecule has 0 atom stereocenters. The van der Waals surface area contributed by atoms with E-state index in [-0.39, 0.29) is 5.66 Å². The maximum Gasteiger partial charge on any atom is 0.127 e. The van der Waals surface area contributed by atoms with Gasteiger partial charge in [-0.25, -0.2) is 0 Å². The van der Waals surface area contributed by atoms with Gasteiger partial charge in [-0.1, -0.05) is 13.3 Å². The molecule has 16 heavy (non-hydrogen) atoms. The van der Waals surface area contributed by atoms with Gasteiger partial charge in [0.05, 0.1) is 5.04 Å². The molecule has 1 aliphatic heterocycles. The maximum atomic E-state index is 4.87. The normalized spacial score (nSPS) is 19.8. The lowest BCUT2D eigenvalue weighted by atomic mass is 10.1. The minimum Gasteiger partial charge on any atom is -0.351 e. The van der Waals surface area contributed by atoms with Gasteiger partial charge in [0.1, 0.15) is 5.66 Å². The quantitative estimate of drug-likeness (QED) is 0.743. The largest absolute Gasteiger partial charge is 0.351 e. The van der Waals surface area contributed by atoms with E-state index in [0.29, 0.717) is 6.04 Å². The zero-order valence-corrected chi connectivity index (χ0v) is 12.2. The van der Waals surface area contributed by atoms with Crippen molar-refractivity contribution in [3.05, 3.63) is 11.8 Å². The number of thioether (sulfide) groups is 1. The second kappa shape index (κ2) is 5.26. The predicted octanol–water partition coefficient (Wildman–Crippen LogP) is 3.89. The third kappa shape index (κ3) is 2.82. The third-order valence-corrected chi connectivity index (χ3v) is 3.59. The molecule has 0 aromatic rings. The summed E-state index contributed by atoms with van der Waals surface area (Å²) in [7, 11) is 0. The molecule has 0 bridgehead atoms. The summed E-state index contributed by atoms with van der Waals surface area (Å²) in [4.78, 5) is 7.23. The predicted molar refractivity (Wildman–Crippen MR) is 75.0 cm³/mol. The molecule has 0 fully saturated rings. The van der Waals surface area contributed by atoms with E-state index >= 15 is 0 Å². The van der Waals surface area contributed by atoms with Crippen LogP contribution < -0.4 is 0 Å². The van der Waals surface area contributed by atoms with E-state index < -0.39 is 0 Å². The fourth-order valence-electron chi connectivity index (χ4n) is 2.16. The summed E-state index contributed by atoms with van der Waals surface area (Å²) >= 11 is 1.76. The van der Waals surface area contributed by atoms with Crippen LogP contribution in [-0.2, 0) is 0 Å². The van der Waals surface area contributed by atoms with Crippen molar-refractivity contribution in [1.82, 2.24) is 4.90 Å². The number of hydrogen-bond donors (Lipinski definition) is 0. The molecule has 1 aliphatic rings. The van der Waals surface area contributed by atoms with Gasteiger partial charge in [0.15, 0.2) is 0 Å². The number of aliphatic imine (C=N–C) groups is 1. The van der Waals surface area contributed by atoms with Gasteiger partial charge in [-0.2, -0.15) is 0 Å². The van der Waals surface area contributed by atoms with Crippen LogP contribution in [0.15, 0.2) is 16.8 Å². The Hall–Kier alpha value is -0.440. The molecule has 0 amide bonds. The van der Waals surface area contributed by atoms with Crippen molar-refractivity contribution in [1.29, 1.82) is 0 Å². The standard InChI is InChI=1S/C13H24N2S/c1-7-8-11-9-15(10(2)3)13(4,5)14-12(11)16-6/h9-10H,7-8H2,1-6H3. The Morgan fingerprint density at radius 2 is 2.06 bits per heavy atom. The van der Waals surface area contributed by atoms with Crippen LogP contribution in [0.2, 0.25) is 0 Å². The first kappa shape index (κ1) is 13.6. The van der Waals surface area contributed by atoms with Gasteiger partial charge in [0.25, 0.3) is 0 Å². The van der Waals surface area contributed by atoms with E-state index in [1.807, 2.05) is 0 Å². The zero-order valence-electron chi connectivity index (χ0n) is 11.4. The van der Waals surface area contributed by atoms with Gasteiger partial charge >= 0.3 is 0 Å². The molecule has 0 aromatic heterocycles. The summed E-state index contributed by atoms with van der Waals surface area (Å²) in [6.07, 6.45) is 6.73. The molecule has 0 saturated carbocycles. The first-order valence-corrected chi connectivity index (χ1v) is 7.28. The lowest BCUT2D eigenvalue weighted by molar-refractivity contribution is 0.151. The van der Waals surface area contributed by atoms with Crippen LogP contribution in [0.5, 0.6) is 0 Å². The van der Waals surface area contributed by atoms with Crippen molar-refractivity contribution >= 4 is 16.8 Å². The fraction of sp³-hybridized carbons (Fsp3) is 0.769. The molecular weight excluding hydrogens is 216 g/mol. The zero-order chi connectivity index (χ0) is 12.3. The van der Waals surface area contributed by atoms with E-state index in [2.05, 4.69) is 52.0 Å². The van der Waals surface area contributed by atoms with Gasteiger partial charge in [0.2, 0.25) is 0 Å². The van der Waals surface area contributed by atoms with Crippen LogP contribution in [0.4, 0.5) is 0 Å². The van der Waals surface area contributed by atoms with E-state index in [4.69, 9.17) is 4.99 Å². The highest BCUT2D eigenvalue weighted by Crippen LogP contribution is 2.30. The van der Waals surface area contributed by atoms with Crippen molar-refractivity contribution in [3.8, 4) is 0 Å². The number of nitrogens with zero attached hydrogens (tertiary/aromatic N) is 2. The van der Waals surface area contributed by atoms with E-state index in [1.165, 1.54) is 17.0 Å². The van der Waals surface area contributed by atoms with Gasteiger partial charge in [-0.05, 0) is 45.9 Å². The highest BCUT2D eigenvalue weighted by Gasteiger charge is 2.30. The lowest BCUT2D eigenvalue weighted by Crippen LogP contribution is -2.46. The average molecular weight is 240 g/mol.